The number of furan rings is 1. The number of carbonyl (C=O) groups excluding carboxylic acids is 1. The molecule has 1 aromatic carbocycles. The van der Waals surface area contributed by atoms with Crippen molar-refractivity contribution in [1.29, 1.82) is 0 Å². The Morgan fingerprint density at radius 2 is 2.10 bits per heavy atom. The molecular formula is C22H27N5O2. The molecule has 1 saturated heterocycles. The van der Waals surface area contributed by atoms with Crippen LogP contribution in [0.15, 0.2) is 52.1 Å². The van der Waals surface area contributed by atoms with Crippen LogP contribution in [-0.4, -0.2) is 50.0 Å². The molecule has 29 heavy (non-hydrogen) atoms. The number of hydrogen-bond donors (Lipinski definition) is 3. The van der Waals surface area contributed by atoms with Crippen molar-refractivity contribution in [2.24, 2.45) is 4.99 Å². The van der Waals surface area contributed by atoms with Crippen molar-refractivity contribution in [2.75, 3.05) is 38.5 Å². The maximum Gasteiger partial charge on any atom is 0.243 e. The van der Waals surface area contributed by atoms with Crippen molar-refractivity contribution in [3.63, 3.8) is 0 Å². The zero-order valence-electron chi connectivity index (χ0n) is 16.6. The third-order valence-electron chi connectivity index (χ3n) is 4.87. The molecule has 152 valence electrons. The molecule has 7 nitrogen and oxygen atoms in total. The lowest BCUT2D eigenvalue weighted by Gasteiger charge is -2.26. The fraction of sp³-hybridized carbons (Fsp3) is 0.364. The summed E-state index contributed by atoms with van der Waals surface area (Å²) in [6.45, 7) is 2.84. The Morgan fingerprint density at radius 1 is 1.28 bits per heavy atom. The van der Waals surface area contributed by atoms with E-state index in [1.165, 1.54) is 12.8 Å². The maximum atomic E-state index is 12.2. The minimum atomic E-state index is -0.177. The summed E-state index contributed by atoms with van der Waals surface area (Å²) >= 11 is 0. The number of anilines is 1. The number of hydrogen-bond acceptors (Lipinski definition) is 4. The Morgan fingerprint density at radius 3 is 2.79 bits per heavy atom. The first-order valence-electron chi connectivity index (χ1n) is 9.78. The molecule has 1 amide bonds. The van der Waals surface area contributed by atoms with E-state index in [2.05, 4.69) is 31.8 Å². The summed E-state index contributed by atoms with van der Waals surface area (Å²) in [7, 11) is 1.68. The molecule has 3 N–H and O–H groups in total. The molecule has 1 aromatic heterocycles. The van der Waals surface area contributed by atoms with Gasteiger partial charge in [0.25, 0.3) is 0 Å². The first-order chi connectivity index (χ1) is 14.2. The molecule has 1 aliphatic heterocycles. The number of nitrogens with zero attached hydrogens (tertiary/aromatic N) is 2. The number of likely N-dealkylation sites (tertiary alicyclic amines) is 1. The van der Waals surface area contributed by atoms with Gasteiger partial charge >= 0.3 is 0 Å². The van der Waals surface area contributed by atoms with Crippen molar-refractivity contribution >= 4 is 17.6 Å². The van der Waals surface area contributed by atoms with Gasteiger partial charge in [0, 0.05) is 24.8 Å². The highest BCUT2D eigenvalue weighted by molar-refractivity contribution is 5.95. The molecule has 0 aliphatic carbocycles. The van der Waals surface area contributed by atoms with Gasteiger partial charge in [-0.1, -0.05) is 12.0 Å². The smallest absolute Gasteiger partial charge is 0.243 e. The molecule has 1 fully saturated rings. The average Bonchev–Trinajstić information content (AvgIpc) is 3.45. The van der Waals surface area contributed by atoms with E-state index in [-0.39, 0.29) is 18.5 Å². The monoisotopic (exact) mass is 393 g/mol. The number of benzene rings is 1. The molecule has 7 heteroatoms. The number of guanidine groups is 1. The van der Waals surface area contributed by atoms with E-state index in [0.29, 0.717) is 18.2 Å². The van der Waals surface area contributed by atoms with Crippen LogP contribution in [0, 0.1) is 12.3 Å². The molecule has 2 heterocycles. The Bertz CT molecular complexity index is 864. The van der Waals surface area contributed by atoms with Gasteiger partial charge < -0.3 is 20.4 Å². The van der Waals surface area contributed by atoms with E-state index in [0.717, 1.165) is 24.4 Å². The Labute approximate surface area is 171 Å². The van der Waals surface area contributed by atoms with Crippen LogP contribution < -0.4 is 16.0 Å². The fourth-order valence-electron chi connectivity index (χ4n) is 3.41. The number of rotatable bonds is 7. The summed E-state index contributed by atoms with van der Waals surface area (Å²) < 4.78 is 5.64. The Balaban J connectivity index is 1.50. The molecule has 0 saturated carbocycles. The summed E-state index contributed by atoms with van der Waals surface area (Å²) in [6.07, 6.45) is 9.49. The standard InChI is InChI=1S/C22H27N5O2/c1-3-17-8-6-9-18(14-17)26-21(28)16-25-22(23-2)24-15-19(20-10-7-13-29-20)27-11-4-5-12-27/h1,6-10,13-14,19H,4-5,11-12,15-16H2,2H3,(H,26,28)(H2,23,24,25). The van der Waals surface area contributed by atoms with Gasteiger partial charge in [-0.3, -0.25) is 14.7 Å². The van der Waals surface area contributed by atoms with E-state index < -0.39 is 0 Å². The molecule has 0 spiro atoms. The fourth-order valence-corrected chi connectivity index (χ4v) is 3.41. The zero-order valence-corrected chi connectivity index (χ0v) is 16.6. The zero-order chi connectivity index (χ0) is 20.5. The quantitative estimate of drug-likeness (QED) is 0.382. The van der Waals surface area contributed by atoms with E-state index >= 15 is 0 Å². The summed E-state index contributed by atoms with van der Waals surface area (Å²) in [5.74, 6) is 3.87. The highest BCUT2D eigenvalue weighted by atomic mass is 16.3. The Hall–Kier alpha value is -3.24. The van der Waals surface area contributed by atoms with Crippen molar-refractivity contribution < 1.29 is 9.21 Å². The minimum absolute atomic E-state index is 0.0923. The third kappa shape index (κ3) is 5.87. The van der Waals surface area contributed by atoms with E-state index in [1.807, 2.05) is 24.3 Å². The SMILES string of the molecule is C#Cc1cccc(NC(=O)CNC(=NC)NCC(c2ccco2)N2CCCC2)c1. The van der Waals surface area contributed by atoms with Crippen LogP contribution in [0.5, 0.6) is 0 Å². The van der Waals surface area contributed by atoms with Crippen LogP contribution in [0.1, 0.15) is 30.2 Å². The van der Waals surface area contributed by atoms with E-state index in [9.17, 15) is 4.79 Å². The first-order valence-corrected chi connectivity index (χ1v) is 9.78. The molecule has 2 aromatic rings. The van der Waals surface area contributed by atoms with Crippen molar-refractivity contribution in [3.05, 3.63) is 54.0 Å². The molecule has 0 radical (unpaired) electrons. The van der Waals surface area contributed by atoms with Crippen LogP contribution in [0.2, 0.25) is 0 Å². The third-order valence-corrected chi connectivity index (χ3v) is 4.87. The van der Waals surface area contributed by atoms with Gasteiger partial charge in [0.1, 0.15) is 5.76 Å². The number of aliphatic imine (C=N–C) groups is 1. The van der Waals surface area contributed by atoms with Gasteiger partial charge in [0.15, 0.2) is 5.96 Å². The van der Waals surface area contributed by atoms with Gasteiger partial charge in [0.05, 0.1) is 18.8 Å². The van der Waals surface area contributed by atoms with Crippen LogP contribution in [-0.2, 0) is 4.79 Å². The van der Waals surface area contributed by atoms with E-state index in [1.54, 1.807) is 25.4 Å². The lowest BCUT2D eigenvalue weighted by atomic mass is 10.2. The predicted octanol–water partition coefficient (Wildman–Crippen LogP) is 2.20. The summed E-state index contributed by atoms with van der Waals surface area (Å²) in [6, 6.07) is 11.2. The van der Waals surface area contributed by atoms with Crippen LogP contribution in [0.3, 0.4) is 0 Å². The lowest BCUT2D eigenvalue weighted by molar-refractivity contribution is -0.115. The summed E-state index contributed by atoms with van der Waals surface area (Å²) in [4.78, 5) is 18.9. The lowest BCUT2D eigenvalue weighted by Crippen LogP contribution is -2.44. The largest absolute Gasteiger partial charge is 0.468 e. The molecule has 3 rings (SSSR count). The van der Waals surface area contributed by atoms with Crippen molar-refractivity contribution in [1.82, 2.24) is 15.5 Å². The predicted molar refractivity (Wildman–Crippen MR) is 115 cm³/mol. The summed E-state index contributed by atoms with van der Waals surface area (Å²) in [5, 5.41) is 9.17. The molecule has 1 atom stereocenters. The number of amides is 1. The second-order valence-electron chi connectivity index (χ2n) is 6.85. The number of terminal acetylenes is 1. The molecule has 1 unspecified atom stereocenters. The summed E-state index contributed by atoms with van der Waals surface area (Å²) in [5.41, 5.74) is 1.39. The maximum absolute atomic E-state index is 12.2. The average molecular weight is 393 g/mol. The van der Waals surface area contributed by atoms with Crippen LogP contribution in [0.25, 0.3) is 0 Å². The van der Waals surface area contributed by atoms with Gasteiger partial charge in [-0.05, 0) is 56.3 Å². The van der Waals surface area contributed by atoms with Gasteiger partial charge in [-0.25, -0.2) is 0 Å². The molecule has 1 aliphatic rings. The van der Waals surface area contributed by atoms with Gasteiger partial charge in [-0.2, -0.15) is 0 Å². The second kappa shape index (κ2) is 10.3. The Kier molecular flexibility index (Phi) is 7.31. The van der Waals surface area contributed by atoms with Crippen LogP contribution in [0.4, 0.5) is 5.69 Å². The normalized spacial score (nSPS) is 15.5. The first kappa shape index (κ1) is 20.5. The number of carbonyl (C=O) groups is 1. The molecule has 0 bridgehead atoms. The molecular weight excluding hydrogens is 366 g/mol. The topological polar surface area (TPSA) is 81.9 Å². The van der Waals surface area contributed by atoms with Crippen molar-refractivity contribution in [2.45, 2.75) is 18.9 Å². The highest BCUT2D eigenvalue weighted by Crippen LogP contribution is 2.24. The minimum Gasteiger partial charge on any atom is -0.468 e. The van der Waals surface area contributed by atoms with Gasteiger partial charge in [-0.15, -0.1) is 6.42 Å². The van der Waals surface area contributed by atoms with E-state index in [4.69, 9.17) is 10.8 Å². The van der Waals surface area contributed by atoms with Crippen molar-refractivity contribution in [3.8, 4) is 12.3 Å². The second-order valence-corrected chi connectivity index (χ2v) is 6.85. The highest BCUT2D eigenvalue weighted by Gasteiger charge is 2.25. The number of nitrogens with one attached hydrogen (secondary N) is 3. The van der Waals surface area contributed by atoms with Crippen LogP contribution >= 0.6 is 0 Å². The van der Waals surface area contributed by atoms with Gasteiger partial charge in [0.2, 0.25) is 5.91 Å².